The number of carbonyl (C=O) groups is 2. The molecule has 1 aliphatic rings. The van der Waals surface area contributed by atoms with E-state index in [4.69, 9.17) is 9.47 Å². The van der Waals surface area contributed by atoms with Gasteiger partial charge in [0.2, 0.25) is 0 Å². The maximum absolute atomic E-state index is 13.9. The molecule has 0 aliphatic carbocycles. The predicted molar refractivity (Wildman–Crippen MR) is 113 cm³/mol. The van der Waals surface area contributed by atoms with Crippen LogP contribution in [-0.2, 0) is 9.53 Å². The summed E-state index contributed by atoms with van der Waals surface area (Å²) < 4.78 is 24.2. The van der Waals surface area contributed by atoms with Crippen molar-refractivity contribution in [1.29, 1.82) is 0 Å². The number of urea groups is 1. The van der Waals surface area contributed by atoms with Gasteiger partial charge in [-0.3, -0.25) is 0 Å². The summed E-state index contributed by atoms with van der Waals surface area (Å²) in [6.45, 7) is 0.213. The van der Waals surface area contributed by atoms with Gasteiger partial charge in [0.25, 0.3) is 0 Å². The van der Waals surface area contributed by atoms with Crippen LogP contribution in [0.4, 0.5) is 9.18 Å². The van der Waals surface area contributed by atoms with Crippen molar-refractivity contribution in [2.45, 2.75) is 6.04 Å². The van der Waals surface area contributed by atoms with Crippen LogP contribution in [0.1, 0.15) is 5.69 Å². The smallest absolute Gasteiger partial charge is 0.332 e. The number of aromatic nitrogens is 2. The minimum absolute atomic E-state index is 0.213. The van der Waals surface area contributed by atoms with Crippen LogP contribution in [0.5, 0.6) is 5.75 Å². The molecule has 9 heteroatoms. The van der Waals surface area contributed by atoms with E-state index in [9.17, 15) is 14.0 Å². The van der Waals surface area contributed by atoms with E-state index in [2.05, 4.69) is 15.3 Å². The number of hydrogen-bond donors (Lipinski definition) is 2. The van der Waals surface area contributed by atoms with Gasteiger partial charge in [-0.25, -0.2) is 19.0 Å². The zero-order chi connectivity index (χ0) is 22.1. The second kappa shape index (κ2) is 8.10. The first-order valence-electron chi connectivity index (χ1n) is 9.55. The molecule has 1 aromatic carbocycles. The van der Waals surface area contributed by atoms with E-state index in [1.807, 2.05) is 6.07 Å². The number of nitrogens with one attached hydrogen (secondary N) is 2. The Labute approximate surface area is 177 Å². The molecule has 4 rings (SSSR count). The molecule has 0 saturated carbocycles. The molecule has 1 aliphatic heterocycles. The van der Waals surface area contributed by atoms with Gasteiger partial charge in [-0.2, -0.15) is 0 Å². The highest BCUT2D eigenvalue weighted by Gasteiger charge is 2.35. The fourth-order valence-electron chi connectivity index (χ4n) is 3.77. The van der Waals surface area contributed by atoms with Gasteiger partial charge < -0.3 is 24.7 Å². The van der Waals surface area contributed by atoms with Gasteiger partial charge in [-0.05, 0) is 47.5 Å². The average Bonchev–Trinajstić information content (AvgIpc) is 3.42. The van der Waals surface area contributed by atoms with Crippen molar-refractivity contribution in [1.82, 2.24) is 20.2 Å². The number of rotatable bonds is 4. The fraction of sp³-hybridized carbons (Fsp3) is 0.227. The first-order chi connectivity index (χ1) is 15.0. The van der Waals surface area contributed by atoms with Crippen molar-refractivity contribution in [3.8, 4) is 16.9 Å². The molecule has 0 saturated heterocycles. The second-order valence-electron chi connectivity index (χ2n) is 6.99. The van der Waals surface area contributed by atoms with Gasteiger partial charge in [0.15, 0.2) is 6.04 Å². The average molecular weight is 424 g/mol. The number of H-pyrrole nitrogens is 1. The molecule has 3 heterocycles. The third-order valence-corrected chi connectivity index (χ3v) is 5.28. The topological polar surface area (TPSA) is 96.5 Å². The van der Waals surface area contributed by atoms with E-state index in [0.717, 1.165) is 16.5 Å². The van der Waals surface area contributed by atoms with Crippen LogP contribution in [0.3, 0.4) is 0 Å². The number of esters is 1. The van der Waals surface area contributed by atoms with E-state index < -0.39 is 12.0 Å². The lowest BCUT2D eigenvalue weighted by Crippen LogP contribution is -2.45. The van der Waals surface area contributed by atoms with Crippen LogP contribution >= 0.6 is 0 Å². The summed E-state index contributed by atoms with van der Waals surface area (Å²) in [4.78, 5) is 33.4. The SMILES string of the molecule is CNC(=O)N1CC(c2cc3c(-c4cc(F)ccc4OC)ccnc3[nH]2)=CC1C(=O)OC. The third-order valence-electron chi connectivity index (χ3n) is 5.28. The fourth-order valence-corrected chi connectivity index (χ4v) is 3.77. The molecule has 0 radical (unpaired) electrons. The standard InChI is InChI=1S/C22H21FN4O4/c1-24-22(29)27-11-12(8-18(27)21(28)31-3)17-10-16-14(6-7-25-20(16)26-17)15-9-13(23)4-5-19(15)30-2/h4-10,18H,11H2,1-3H3,(H,24,29)(H,25,26). The number of nitrogens with zero attached hydrogens (tertiary/aromatic N) is 2. The molecule has 8 nitrogen and oxygen atoms in total. The van der Waals surface area contributed by atoms with Crippen molar-refractivity contribution in [2.24, 2.45) is 0 Å². The molecule has 0 spiro atoms. The molecule has 0 fully saturated rings. The molecular formula is C22H21FN4O4. The maximum Gasteiger partial charge on any atom is 0.332 e. The number of methoxy groups -OCH3 is 2. The Morgan fingerprint density at radius 3 is 2.74 bits per heavy atom. The minimum Gasteiger partial charge on any atom is -0.496 e. The molecule has 1 unspecified atom stereocenters. The van der Waals surface area contributed by atoms with Gasteiger partial charge >= 0.3 is 12.0 Å². The molecule has 31 heavy (non-hydrogen) atoms. The second-order valence-corrected chi connectivity index (χ2v) is 6.99. The highest BCUT2D eigenvalue weighted by molar-refractivity contribution is 5.98. The van der Waals surface area contributed by atoms with Crippen LogP contribution in [0, 0.1) is 5.82 Å². The number of carbonyl (C=O) groups excluding carboxylic acids is 2. The molecule has 2 aromatic heterocycles. The van der Waals surface area contributed by atoms with E-state index in [0.29, 0.717) is 22.7 Å². The molecule has 1 atom stereocenters. The van der Waals surface area contributed by atoms with Gasteiger partial charge in [-0.15, -0.1) is 0 Å². The van der Waals surface area contributed by atoms with E-state index in [1.54, 1.807) is 24.4 Å². The van der Waals surface area contributed by atoms with E-state index in [1.165, 1.54) is 38.3 Å². The Bertz CT molecular complexity index is 1200. The van der Waals surface area contributed by atoms with Crippen molar-refractivity contribution in [3.63, 3.8) is 0 Å². The molecule has 160 valence electrons. The number of benzene rings is 1. The number of fused-ring (bicyclic) bond motifs is 1. The number of amides is 2. The Kier molecular flexibility index (Phi) is 5.33. The summed E-state index contributed by atoms with van der Waals surface area (Å²) in [5.74, 6) is -0.372. The summed E-state index contributed by atoms with van der Waals surface area (Å²) >= 11 is 0. The van der Waals surface area contributed by atoms with Crippen molar-refractivity contribution < 1.29 is 23.5 Å². The number of aromatic amines is 1. The van der Waals surface area contributed by atoms with Gasteiger partial charge in [0.05, 0.1) is 20.8 Å². The lowest BCUT2D eigenvalue weighted by atomic mass is 10.0. The molecule has 2 N–H and O–H groups in total. The summed E-state index contributed by atoms with van der Waals surface area (Å²) in [6.07, 6.45) is 3.31. The van der Waals surface area contributed by atoms with E-state index in [-0.39, 0.29) is 18.4 Å². The Balaban J connectivity index is 1.79. The highest BCUT2D eigenvalue weighted by atomic mass is 19.1. The lowest BCUT2D eigenvalue weighted by Gasteiger charge is -2.22. The van der Waals surface area contributed by atoms with Crippen molar-refractivity contribution in [2.75, 3.05) is 27.8 Å². The monoisotopic (exact) mass is 424 g/mol. The largest absolute Gasteiger partial charge is 0.496 e. The Morgan fingerprint density at radius 1 is 1.23 bits per heavy atom. The summed E-state index contributed by atoms with van der Waals surface area (Å²) in [7, 11) is 4.31. The van der Waals surface area contributed by atoms with Gasteiger partial charge in [0, 0.05) is 29.9 Å². The number of pyridine rings is 1. The van der Waals surface area contributed by atoms with E-state index >= 15 is 0 Å². The zero-order valence-electron chi connectivity index (χ0n) is 17.2. The Morgan fingerprint density at radius 2 is 2.03 bits per heavy atom. The molecule has 2 amide bonds. The summed E-state index contributed by atoms with van der Waals surface area (Å²) in [5, 5.41) is 3.30. The predicted octanol–water partition coefficient (Wildman–Crippen LogP) is 2.96. The lowest BCUT2D eigenvalue weighted by molar-refractivity contribution is -0.143. The number of hydrogen-bond acceptors (Lipinski definition) is 5. The normalized spacial score (nSPS) is 15.7. The van der Waals surface area contributed by atoms with Crippen LogP contribution in [0.2, 0.25) is 0 Å². The first kappa shape index (κ1) is 20.4. The summed E-state index contributed by atoms with van der Waals surface area (Å²) in [6, 6.07) is 6.77. The Hall–Kier alpha value is -3.88. The quantitative estimate of drug-likeness (QED) is 0.628. The third kappa shape index (κ3) is 3.58. The van der Waals surface area contributed by atoms with Crippen molar-refractivity contribution in [3.05, 3.63) is 54.1 Å². The minimum atomic E-state index is -0.831. The first-order valence-corrected chi connectivity index (χ1v) is 9.55. The van der Waals surface area contributed by atoms with Crippen LogP contribution in [0.25, 0.3) is 27.7 Å². The molecule has 0 bridgehead atoms. The number of halogens is 1. The maximum atomic E-state index is 13.9. The van der Waals surface area contributed by atoms with Gasteiger partial charge in [0.1, 0.15) is 17.2 Å². The van der Waals surface area contributed by atoms with Gasteiger partial charge in [-0.1, -0.05) is 0 Å². The van der Waals surface area contributed by atoms with Crippen LogP contribution in [-0.4, -0.2) is 60.7 Å². The molecule has 3 aromatic rings. The highest BCUT2D eigenvalue weighted by Crippen LogP contribution is 2.36. The molecular weight excluding hydrogens is 403 g/mol. The van der Waals surface area contributed by atoms with Crippen LogP contribution in [0.15, 0.2) is 42.6 Å². The van der Waals surface area contributed by atoms with Crippen LogP contribution < -0.4 is 10.1 Å². The number of ether oxygens (including phenoxy) is 2. The summed E-state index contributed by atoms with van der Waals surface area (Å²) in [5.41, 5.74) is 3.38. The van der Waals surface area contributed by atoms with Crippen molar-refractivity contribution >= 4 is 28.6 Å². The zero-order valence-corrected chi connectivity index (χ0v) is 17.2.